The Morgan fingerprint density at radius 3 is 2.46 bits per heavy atom. The third-order valence-corrected chi connectivity index (χ3v) is 6.31. The van der Waals surface area contributed by atoms with Gasteiger partial charge in [0.05, 0.1) is 6.26 Å². The summed E-state index contributed by atoms with van der Waals surface area (Å²) in [4.78, 5) is 16.8. The van der Waals surface area contributed by atoms with Crippen molar-refractivity contribution < 1.29 is 17.9 Å². The maximum Gasteiger partial charge on any atom is 0.241 e. The lowest BCUT2D eigenvalue weighted by Crippen LogP contribution is -2.54. The molecule has 2 aliphatic heterocycles. The molecule has 0 unspecified atom stereocenters. The van der Waals surface area contributed by atoms with Crippen molar-refractivity contribution in [2.24, 2.45) is 0 Å². The van der Waals surface area contributed by atoms with Gasteiger partial charge >= 0.3 is 0 Å². The summed E-state index contributed by atoms with van der Waals surface area (Å²) in [7, 11) is -3.33. The van der Waals surface area contributed by atoms with Crippen molar-refractivity contribution >= 4 is 15.9 Å². The molecule has 0 spiro atoms. The molecule has 26 heavy (non-hydrogen) atoms. The van der Waals surface area contributed by atoms with Crippen LogP contribution >= 0.6 is 0 Å². The smallest absolute Gasteiger partial charge is 0.241 e. The second-order valence-corrected chi connectivity index (χ2v) is 8.80. The lowest BCUT2D eigenvalue weighted by molar-refractivity contribution is -0.136. The van der Waals surface area contributed by atoms with E-state index in [1.165, 1.54) is 10.6 Å². The van der Waals surface area contributed by atoms with E-state index in [-0.39, 0.29) is 5.91 Å². The minimum absolute atomic E-state index is 0.0480. The molecule has 1 amide bonds. The highest BCUT2D eigenvalue weighted by Gasteiger charge is 2.39. The molecule has 2 aliphatic rings. The van der Waals surface area contributed by atoms with Crippen LogP contribution < -0.4 is 4.74 Å². The minimum Gasteiger partial charge on any atom is -0.492 e. The van der Waals surface area contributed by atoms with Crippen LogP contribution in [0.3, 0.4) is 0 Å². The van der Waals surface area contributed by atoms with Crippen LogP contribution in [-0.2, 0) is 14.8 Å². The minimum atomic E-state index is -3.33. The fourth-order valence-corrected chi connectivity index (χ4v) is 4.71. The van der Waals surface area contributed by atoms with Crippen molar-refractivity contribution in [1.82, 2.24) is 14.1 Å². The SMILES string of the molecule is CS(=O)(=O)N1CCC[C@@H]1C(=O)N1CCN(CCOc2ccccc2)CC1. The number of nitrogens with zero attached hydrogens (tertiary/aromatic N) is 3. The number of para-hydroxylation sites is 1. The molecule has 144 valence electrons. The third kappa shape index (κ3) is 4.75. The highest BCUT2D eigenvalue weighted by Crippen LogP contribution is 2.22. The van der Waals surface area contributed by atoms with Crippen LogP contribution in [0.5, 0.6) is 5.75 Å². The van der Waals surface area contributed by atoms with E-state index >= 15 is 0 Å². The molecular formula is C18H27N3O4S. The zero-order chi connectivity index (χ0) is 18.6. The summed E-state index contributed by atoms with van der Waals surface area (Å²) in [6, 6.07) is 9.21. The fourth-order valence-electron chi connectivity index (χ4n) is 3.60. The molecule has 0 aromatic heterocycles. The molecular weight excluding hydrogens is 354 g/mol. The topological polar surface area (TPSA) is 70.2 Å². The van der Waals surface area contributed by atoms with Crippen molar-refractivity contribution in [1.29, 1.82) is 0 Å². The largest absolute Gasteiger partial charge is 0.492 e. The molecule has 2 fully saturated rings. The number of benzene rings is 1. The number of ether oxygens (including phenoxy) is 1. The quantitative estimate of drug-likeness (QED) is 0.723. The molecule has 1 aromatic carbocycles. The first kappa shape index (κ1) is 19.1. The van der Waals surface area contributed by atoms with Crippen LogP contribution in [0.25, 0.3) is 0 Å². The Hall–Kier alpha value is -1.64. The molecule has 0 radical (unpaired) electrons. The molecule has 1 aromatic rings. The average molecular weight is 381 g/mol. The van der Waals surface area contributed by atoms with E-state index in [2.05, 4.69) is 4.90 Å². The number of carbonyl (C=O) groups is 1. The number of rotatable bonds is 6. The number of amides is 1. The predicted octanol–water partition coefficient (Wildman–Crippen LogP) is 0.634. The van der Waals surface area contributed by atoms with E-state index in [1.54, 1.807) is 0 Å². The number of sulfonamides is 1. The maximum atomic E-state index is 12.7. The Labute approximate surface area is 155 Å². The summed E-state index contributed by atoms with van der Waals surface area (Å²) in [6.45, 7) is 4.73. The lowest BCUT2D eigenvalue weighted by Gasteiger charge is -2.36. The highest BCUT2D eigenvalue weighted by atomic mass is 32.2. The molecule has 2 saturated heterocycles. The second kappa shape index (κ2) is 8.37. The number of piperazine rings is 1. The van der Waals surface area contributed by atoms with Crippen LogP contribution in [0.4, 0.5) is 0 Å². The van der Waals surface area contributed by atoms with Crippen LogP contribution in [0.2, 0.25) is 0 Å². The van der Waals surface area contributed by atoms with Gasteiger partial charge in [0.25, 0.3) is 0 Å². The van der Waals surface area contributed by atoms with Crippen LogP contribution in [0.1, 0.15) is 12.8 Å². The Balaban J connectivity index is 1.44. The summed E-state index contributed by atoms with van der Waals surface area (Å²) in [5.41, 5.74) is 0. The molecule has 8 heteroatoms. The van der Waals surface area contributed by atoms with Crippen molar-refractivity contribution in [3.05, 3.63) is 30.3 Å². The van der Waals surface area contributed by atoms with Gasteiger partial charge in [0.2, 0.25) is 15.9 Å². The van der Waals surface area contributed by atoms with E-state index in [0.717, 1.165) is 31.8 Å². The van der Waals surface area contributed by atoms with Crippen LogP contribution in [0.15, 0.2) is 30.3 Å². The van der Waals surface area contributed by atoms with Crippen molar-refractivity contribution in [3.63, 3.8) is 0 Å². The molecule has 0 bridgehead atoms. The molecule has 0 N–H and O–H groups in total. The number of hydrogen-bond donors (Lipinski definition) is 0. The first-order valence-corrected chi connectivity index (χ1v) is 11.0. The van der Waals surface area contributed by atoms with E-state index in [1.807, 2.05) is 35.2 Å². The van der Waals surface area contributed by atoms with E-state index in [0.29, 0.717) is 32.7 Å². The van der Waals surface area contributed by atoms with E-state index in [4.69, 9.17) is 4.74 Å². The zero-order valence-corrected chi connectivity index (χ0v) is 16.0. The lowest BCUT2D eigenvalue weighted by atomic mass is 10.2. The van der Waals surface area contributed by atoms with E-state index in [9.17, 15) is 13.2 Å². The molecule has 7 nitrogen and oxygen atoms in total. The summed E-state index contributed by atoms with van der Waals surface area (Å²) in [5.74, 6) is 0.816. The summed E-state index contributed by atoms with van der Waals surface area (Å²) < 4.78 is 30.8. The Kier molecular flexibility index (Phi) is 6.16. The van der Waals surface area contributed by atoms with Gasteiger partial charge in [0, 0.05) is 39.3 Å². The van der Waals surface area contributed by atoms with Gasteiger partial charge in [-0.2, -0.15) is 4.31 Å². The number of hydrogen-bond acceptors (Lipinski definition) is 5. The van der Waals surface area contributed by atoms with Gasteiger partial charge in [0.15, 0.2) is 0 Å². The van der Waals surface area contributed by atoms with Gasteiger partial charge in [-0.15, -0.1) is 0 Å². The number of carbonyl (C=O) groups excluding carboxylic acids is 1. The maximum absolute atomic E-state index is 12.7. The standard InChI is InChI=1S/C18H27N3O4S/c1-26(23,24)21-9-5-8-17(21)18(22)20-12-10-19(11-13-20)14-15-25-16-6-3-2-4-7-16/h2-4,6-7,17H,5,8-15H2,1H3/t17-/m1/s1. The Bertz CT molecular complexity index is 702. The van der Waals surface area contributed by atoms with Gasteiger partial charge in [-0.3, -0.25) is 9.69 Å². The Morgan fingerprint density at radius 2 is 1.81 bits per heavy atom. The normalized spacial score (nSPS) is 22.5. The molecule has 0 saturated carbocycles. The summed E-state index contributed by atoms with van der Waals surface area (Å²) in [5, 5.41) is 0. The molecule has 0 aliphatic carbocycles. The zero-order valence-electron chi connectivity index (χ0n) is 15.2. The fraction of sp³-hybridized carbons (Fsp3) is 0.611. The van der Waals surface area contributed by atoms with Crippen molar-refractivity contribution in [3.8, 4) is 5.75 Å². The second-order valence-electron chi connectivity index (χ2n) is 6.86. The first-order valence-electron chi connectivity index (χ1n) is 9.11. The summed E-state index contributed by atoms with van der Waals surface area (Å²) >= 11 is 0. The first-order chi connectivity index (χ1) is 12.4. The van der Waals surface area contributed by atoms with Crippen molar-refractivity contribution in [2.75, 3.05) is 52.1 Å². The Morgan fingerprint density at radius 1 is 1.12 bits per heavy atom. The van der Waals surface area contributed by atoms with Gasteiger partial charge in [0.1, 0.15) is 18.4 Å². The van der Waals surface area contributed by atoms with Gasteiger partial charge in [-0.05, 0) is 25.0 Å². The summed E-state index contributed by atoms with van der Waals surface area (Å²) in [6.07, 6.45) is 2.56. The monoisotopic (exact) mass is 381 g/mol. The van der Waals surface area contributed by atoms with Crippen molar-refractivity contribution in [2.45, 2.75) is 18.9 Å². The van der Waals surface area contributed by atoms with Gasteiger partial charge in [-0.25, -0.2) is 8.42 Å². The average Bonchev–Trinajstić information content (AvgIpc) is 3.13. The predicted molar refractivity (Wildman–Crippen MR) is 99.5 cm³/mol. The van der Waals surface area contributed by atoms with Gasteiger partial charge in [-0.1, -0.05) is 18.2 Å². The van der Waals surface area contributed by atoms with Crippen LogP contribution in [0, 0.1) is 0 Å². The third-order valence-electron chi connectivity index (χ3n) is 5.02. The van der Waals surface area contributed by atoms with Gasteiger partial charge < -0.3 is 9.64 Å². The van der Waals surface area contributed by atoms with E-state index < -0.39 is 16.1 Å². The highest BCUT2D eigenvalue weighted by molar-refractivity contribution is 7.88. The molecule has 2 heterocycles. The molecule has 1 atom stereocenters. The van der Waals surface area contributed by atoms with Crippen LogP contribution in [-0.4, -0.2) is 86.6 Å². The molecule has 3 rings (SSSR count).